The van der Waals surface area contributed by atoms with Gasteiger partial charge in [0.1, 0.15) is 11.8 Å². The number of ether oxygens (including phenoxy) is 2. The van der Waals surface area contributed by atoms with Gasteiger partial charge in [0, 0.05) is 13.0 Å². The molecule has 0 aromatic heterocycles. The first-order chi connectivity index (χ1) is 11.1. The fourth-order valence-electron chi connectivity index (χ4n) is 1.93. The van der Waals surface area contributed by atoms with Crippen LogP contribution in [-0.4, -0.2) is 41.8 Å². The normalized spacial score (nSPS) is 12.5. The fourth-order valence-corrected chi connectivity index (χ4v) is 1.93. The maximum atomic E-state index is 11.9. The zero-order chi connectivity index (χ0) is 18.3. The van der Waals surface area contributed by atoms with E-state index in [1.807, 2.05) is 46.8 Å². The molecular formula is C18H27NO5. The van der Waals surface area contributed by atoms with Crippen LogP contribution in [0.4, 0.5) is 0 Å². The summed E-state index contributed by atoms with van der Waals surface area (Å²) < 4.78 is 10.9. The molecule has 6 nitrogen and oxygen atoms in total. The first kappa shape index (κ1) is 20.0. The number of carboxylic acids is 1. The number of carboxylic acid groups (broad SMARTS) is 1. The van der Waals surface area contributed by atoms with Crippen molar-refractivity contribution < 1.29 is 24.2 Å². The highest BCUT2D eigenvalue weighted by Gasteiger charge is 2.21. The van der Waals surface area contributed by atoms with Crippen LogP contribution < -0.4 is 10.1 Å². The molecular weight excluding hydrogens is 310 g/mol. The number of rotatable bonds is 8. The summed E-state index contributed by atoms with van der Waals surface area (Å²) in [4.78, 5) is 23.1. The molecule has 0 aliphatic carbocycles. The number of nitrogens with one attached hydrogen (secondary N) is 1. The molecule has 0 spiro atoms. The van der Waals surface area contributed by atoms with Gasteiger partial charge >= 0.3 is 5.97 Å². The molecule has 0 saturated carbocycles. The Labute approximate surface area is 143 Å². The Hall–Kier alpha value is -2.08. The molecule has 1 aromatic carbocycles. The van der Waals surface area contributed by atoms with E-state index < -0.39 is 17.9 Å². The highest BCUT2D eigenvalue weighted by molar-refractivity contribution is 5.84. The lowest BCUT2D eigenvalue weighted by atomic mass is 10.1. The average molecular weight is 337 g/mol. The van der Waals surface area contributed by atoms with Gasteiger partial charge in [0.15, 0.2) is 6.61 Å². The predicted octanol–water partition coefficient (Wildman–Crippen LogP) is 2.46. The summed E-state index contributed by atoms with van der Waals surface area (Å²) in [5.74, 6) is -0.986. The SMILES string of the molecule is Cc1ccc(OCC(=O)NC(CCOC(C)(C)C)C(=O)O)cc1C. The van der Waals surface area contributed by atoms with Gasteiger partial charge in [-0.25, -0.2) is 4.79 Å². The van der Waals surface area contributed by atoms with Gasteiger partial charge in [0.2, 0.25) is 0 Å². The Morgan fingerprint density at radius 1 is 1.21 bits per heavy atom. The van der Waals surface area contributed by atoms with Crippen LogP contribution >= 0.6 is 0 Å². The van der Waals surface area contributed by atoms with E-state index in [2.05, 4.69) is 5.32 Å². The molecule has 0 heterocycles. The first-order valence-corrected chi connectivity index (χ1v) is 7.94. The molecule has 0 saturated heterocycles. The van der Waals surface area contributed by atoms with E-state index in [0.29, 0.717) is 5.75 Å². The number of carbonyl (C=O) groups is 2. The molecule has 2 N–H and O–H groups in total. The number of hydrogen-bond acceptors (Lipinski definition) is 4. The smallest absolute Gasteiger partial charge is 0.326 e. The molecule has 0 fully saturated rings. The Morgan fingerprint density at radius 2 is 1.88 bits per heavy atom. The lowest BCUT2D eigenvalue weighted by Gasteiger charge is -2.21. The monoisotopic (exact) mass is 337 g/mol. The molecule has 0 aliphatic heterocycles. The van der Waals surface area contributed by atoms with E-state index in [9.17, 15) is 14.7 Å². The summed E-state index contributed by atoms with van der Waals surface area (Å²) in [6, 6.07) is 4.53. The Balaban J connectivity index is 2.47. The fraction of sp³-hybridized carbons (Fsp3) is 0.556. The minimum absolute atomic E-state index is 0.196. The summed E-state index contributed by atoms with van der Waals surface area (Å²) in [7, 11) is 0. The molecule has 1 atom stereocenters. The molecule has 6 heteroatoms. The summed E-state index contributed by atoms with van der Waals surface area (Å²) in [6.07, 6.45) is 0.196. The van der Waals surface area contributed by atoms with Crippen molar-refractivity contribution in [2.45, 2.75) is 52.7 Å². The molecule has 1 aromatic rings. The van der Waals surface area contributed by atoms with Gasteiger partial charge < -0.3 is 19.9 Å². The lowest BCUT2D eigenvalue weighted by Crippen LogP contribution is -2.44. The number of benzene rings is 1. The summed E-state index contributed by atoms with van der Waals surface area (Å²) >= 11 is 0. The topological polar surface area (TPSA) is 84.9 Å². The van der Waals surface area contributed by atoms with E-state index in [1.165, 1.54) is 0 Å². The quantitative estimate of drug-likeness (QED) is 0.761. The van der Waals surface area contributed by atoms with E-state index in [1.54, 1.807) is 6.07 Å². The second kappa shape index (κ2) is 8.68. The van der Waals surface area contributed by atoms with Crippen molar-refractivity contribution in [3.8, 4) is 5.75 Å². The van der Waals surface area contributed by atoms with Gasteiger partial charge in [-0.05, 0) is 57.9 Å². The van der Waals surface area contributed by atoms with E-state index in [-0.39, 0.29) is 25.2 Å². The third kappa shape index (κ3) is 7.46. The highest BCUT2D eigenvalue weighted by Crippen LogP contribution is 2.16. The summed E-state index contributed by atoms with van der Waals surface area (Å²) in [5.41, 5.74) is 1.85. The molecule has 1 rings (SSSR count). The van der Waals surface area contributed by atoms with Crippen LogP contribution in [0.15, 0.2) is 18.2 Å². The van der Waals surface area contributed by atoms with E-state index in [4.69, 9.17) is 9.47 Å². The van der Waals surface area contributed by atoms with Crippen molar-refractivity contribution in [2.24, 2.45) is 0 Å². The van der Waals surface area contributed by atoms with Crippen molar-refractivity contribution in [1.29, 1.82) is 0 Å². The molecule has 24 heavy (non-hydrogen) atoms. The van der Waals surface area contributed by atoms with Crippen LogP contribution in [0.1, 0.15) is 38.3 Å². The standard InChI is InChI=1S/C18H27NO5/c1-12-6-7-14(10-13(12)2)23-11-16(20)19-15(17(21)22)8-9-24-18(3,4)5/h6-7,10,15H,8-9,11H2,1-5H3,(H,19,20)(H,21,22). The van der Waals surface area contributed by atoms with Crippen LogP contribution in [0.2, 0.25) is 0 Å². The zero-order valence-corrected chi connectivity index (χ0v) is 15.0. The maximum absolute atomic E-state index is 11.9. The van der Waals surface area contributed by atoms with Crippen LogP contribution in [-0.2, 0) is 14.3 Å². The van der Waals surface area contributed by atoms with Crippen LogP contribution in [0.25, 0.3) is 0 Å². The van der Waals surface area contributed by atoms with Crippen LogP contribution in [0.5, 0.6) is 5.75 Å². The molecule has 134 valence electrons. The average Bonchev–Trinajstić information content (AvgIpc) is 2.46. The minimum atomic E-state index is -1.09. The van der Waals surface area contributed by atoms with Crippen LogP contribution in [0.3, 0.4) is 0 Å². The largest absolute Gasteiger partial charge is 0.484 e. The van der Waals surface area contributed by atoms with Gasteiger partial charge in [-0.2, -0.15) is 0 Å². The first-order valence-electron chi connectivity index (χ1n) is 7.94. The molecule has 1 amide bonds. The Kier molecular flexibility index (Phi) is 7.22. The number of amides is 1. The van der Waals surface area contributed by atoms with Crippen molar-refractivity contribution >= 4 is 11.9 Å². The lowest BCUT2D eigenvalue weighted by molar-refractivity contribution is -0.143. The van der Waals surface area contributed by atoms with Crippen molar-refractivity contribution in [2.75, 3.05) is 13.2 Å². The van der Waals surface area contributed by atoms with Gasteiger partial charge in [0.05, 0.1) is 5.60 Å². The molecule has 0 radical (unpaired) electrons. The van der Waals surface area contributed by atoms with Crippen molar-refractivity contribution in [1.82, 2.24) is 5.32 Å². The van der Waals surface area contributed by atoms with E-state index in [0.717, 1.165) is 11.1 Å². The second-order valence-electron chi connectivity index (χ2n) is 6.74. The highest BCUT2D eigenvalue weighted by atomic mass is 16.5. The number of aryl methyl sites for hydroxylation is 2. The van der Waals surface area contributed by atoms with Crippen molar-refractivity contribution in [3.05, 3.63) is 29.3 Å². The number of carbonyl (C=O) groups excluding carboxylic acids is 1. The molecule has 0 aliphatic rings. The Morgan fingerprint density at radius 3 is 2.42 bits per heavy atom. The maximum Gasteiger partial charge on any atom is 0.326 e. The zero-order valence-electron chi connectivity index (χ0n) is 15.0. The molecule has 0 bridgehead atoms. The third-order valence-corrected chi connectivity index (χ3v) is 3.42. The van der Waals surface area contributed by atoms with Crippen molar-refractivity contribution in [3.63, 3.8) is 0 Å². The number of aliphatic carboxylic acids is 1. The van der Waals surface area contributed by atoms with E-state index >= 15 is 0 Å². The second-order valence-corrected chi connectivity index (χ2v) is 6.74. The van der Waals surface area contributed by atoms with Gasteiger partial charge in [-0.1, -0.05) is 6.07 Å². The number of hydrogen-bond donors (Lipinski definition) is 2. The minimum Gasteiger partial charge on any atom is -0.484 e. The predicted molar refractivity (Wildman–Crippen MR) is 91.3 cm³/mol. The van der Waals surface area contributed by atoms with Gasteiger partial charge in [-0.3, -0.25) is 4.79 Å². The third-order valence-electron chi connectivity index (χ3n) is 3.42. The summed E-state index contributed by atoms with van der Waals surface area (Å²) in [5, 5.41) is 11.6. The molecule has 1 unspecified atom stereocenters. The van der Waals surface area contributed by atoms with Gasteiger partial charge in [-0.15, -0.1) is 0 Å². The summed E-state index contributed by atoms with van der Waals surface area (Å²) in [6.45, 7) is 9.63. The Bertz CT molecular complexity index is 577. The van der Waals surface area contributed by atoms with Gasteiger partial charge in [0.25, 0.3) is 5.91 Å². The van der Waals surface area contributed by atoms with Crippen LogP contribution in [0, 0.1) is 13.8 Å².